The van der Waals surface area contributed by atoms with Gasteiger partial charge in [0.1, 0.15) is 5.82 Å². The van der Waals surface area contributed by atoms with Gasteiger partial charge in [-0.1, -0.05) is 12.1 Å². The number of sulfone groups is 1. The van der Waals surface area contributed by atoms with E-state index >= 15 is 0 Å². The smallest absolute Gasteiger partial charge is 0.227 e. The first-order valence-corrected chi connectivity index (χ1v) is 12.9. The van der Waals surface area contributed by atoms with E-state index in [4.69, 9.17) is 0 Å². The van der Waals surface area contributed by atoms with E-state index < -0.39 is 15.1 Å². The summed E-state index contributed by atoms with van der Waals surface area (Å²) >= 11 is 0. The molecule has 32 heavy (non-hydrogen) atoms. The number of rotatable bonds is 7. The van der Waals surface area contributed by atoms with E-state index in [2.05, 4.69) is 10.2 Å². The van der Waals surface area contributed by atoms with E-state index in [9.17, 15) is 17.6 Å². The van der Waals surface area contributed by atoms with Gasteiger partial charge in [-0.2, -0.15) is 0 Å². The Morgan fingerprint density at radius 2 is 1.72 bits per heavy atom. The topological polar surface area (TPSA) is 66.5 Å². The number of benzene rings is 2. The van der Waals surface area contributed by atoms with Crippen molar-refractivity contribution in [3.63, 3.8) is 0 Å². The van der Waals surface area contributed by atoms with E-state index in [0.29, 0.717) is 16.1 Å². The minimum Gasteiger partial charge on any atom is -0.326 e. The number of hydrogen-bond acceptors (Lipinski definition) is 4. The van der Waals surface area contributed by atoms with E-state index in [1.807, 2.05) is 12.1 Å². The fraction of sp³-hybridized carbons (Fsp3) is 0.480. The molecule has 172 valence electrons. The van der Waals surface area contributed by atoms with Gasteiger partial charge in [0.05, 0.1) is 10.1 Å². The highest BCUT2D eigenvalue weighted by Crippen LogP contribution is 2.34. The van der Waals surface area contributed by atoms with Crippen LogP contribution in [0.4, 0.5) is 10.1 Å². The van der Waals surface area contributed by atoms with Crippen LogP contribution in [0, 0.1) is 11.7 Å². The van der Waals surface area contributed by atoms with Crippen molar-refractivity contribution in [1.29, 1.82) is 0 Å². The van der Waals surface area contributed by atoms with E-state index in [-0.39, 0.29) is 23.6 Å². The fourth-order valence-electron chi connectivity index (χ4n) is 4.24. The molecule has 2 aromatic carbocycles. The Morgan fingerprint density at radius 1 is 1.06 bits per heavy atom. The molecule has 0 radical (unpaired) electrons. The number of likely N-dealkylation sites (tertiary alicyclic amines) is 1. The Bertz CT molecular complexity index is 1070. The average molecular weight is 459 g/mol. The lowest BCUT2D eigenvalue weighted by Crippen LogP contribution is -2.32. The lowest BCUT2D eigenvalue weighted by molar-refractivity contribution is -0.117. The summed E-state index contributed by atoms with van der Waals surface area (Å²) in [7, 11) is -3.26. The lowest BCUT2D eigenvalue weighted by Gasteiger charge is -2.32. The summed E-state index contributed by atoms with van der Waals surface area (Å²) in [4.78, 5) is 14.7. The van der Waals surface area contributed by atoms with Crippen molar-refractivity contribution >= 4 is 21.4 Å². The number of amides is 1. The van der Waals surface area contributed by atoms with Crippen molar-refractivity contribution in [2.24, 2.45) is 5.92 Å². The summed E-state index contributed by atoms with van der Waals surface area (Å²) in [5.41, 5.74) is 2.43. The molecule has 1 heterocycles. The normalized spacial score (nSPS) is 18.1. The van der Waals surface area contributed by atoms with Gasteiger partial charge in [-0.3, -0.25) is 9.69 Å². The van der Waals surface area contributed by atoms with Crippen molar-refractivity contribution in [1.82, 2.24) is 4.90 Å². The second-order valence-corrected chi connectivity index (χ2v) is 11.8. The molecular formula is C25H31FN2O3S. The molecule has 1 saturated carbocycles. The Hall–Kier alpha value is -2.25. The number of hydrogen-bond donors (Lipinski definition) is 1. The molecular weight excluding hydrogens is 427 g/mol. The van der Waals surface area contributed by atoms with Crippen LogP contribution >= 0.6 is 0 Å². The SMILES string of the molecule is CC(C)S(=O)(=O)c1ccc(CN2CCC(c3cc(NC(=O)C4CC4)ccc3F)CC2)cc1. The zero-order valence-electron chi connectivity index (χ0n) is 18.7. The number of piperidine rings is 1. The Kier molecular flexibility index (Phi) is 6.67. The van der Waals surface area contributed by atoms with Crippen molar-refractivity contribution < 1.29 is 17.6 Å². The molecule has 0 aromatic heterocycles. The van der Waals surface area contributed by atoms with Gasteiger partial charge in [0.15, 0.2) is 9.84 Å². The van der Waals surface area contributed by atoms with Gasteiger partial charge >= 0.3 is 0 Å². The monoisotopic (exact) mass is 458 g/mol. The molecule has 1 aliphatic heterocycles. The van der Waals surface area contributed by atoms with Crippen molar-refractivity contribution in [3.8, 4) is 0 Å². The van der Waals surface area contributed by atoms with Gasteiger partial charge in [-0.15, -0.1) is 0 Å². The molecule has 2 aromatic rings. The molecule has 0 spiro atoms. The zero-order chi connectivity index (χ0) is 22.9. The number of carbonyl (C=O) groups is 1. The maximum Gasteiger partial charge on any atom is 0.227 e. The Morgan fingerprint density at radius 3 is 2.31 bits per heavy atom. The van der Waals surface area contributed by atoms with Gasteiger partial charge in [-0.05, 0) is 100.0 Å². The molecule has 2 aliphatic rings. The number of carbonyl (C=O) groups excluding carboxylic acids is 1. The minimum atomic E-state index is -3.26. The number of nitrogens with one attached hydrogen (secondary N) is 1. The summed E-state index contributed by atoms with van der Waals surface area (Å²) in [5, 5.41) is 2.48. The van der Waals surface area contributed by atoms with Crippen LogP contribution < -0.4 is 5.32 Å². The van der Waals surface area contributed by atoms with Gasteiger partial charge in [0.25, 0.3) is 0 Å². The molecule has 7 heteroatoms. The lowest BCUT2D eigenvalue weighted by atomic mass is 9.88. The standard InChI is InChI=1S/C25H31FN2O3S/c1-17(2)32(30,31)22-8-3-18(4-9-22)16-28-13-11-19(12-14-28)23-15-21(7-10-24(23)26)27-25(29)20-5-6-20/h3-4,7-10,15,17,19-20H,5-6,11-14,16H2,1-2H3,(H,27,29). The summed E-state index contributed by atoms with van der Waals surface area (Å²) in [5.74, 6) is 0.0632. The molecule has 2 fully saturated rings. The van der Waals surface area contributed by atoms with Crippen LogP contribution in [0.25, 0.3) is 0 Å². The Balaban J connectivity index is 1.35. The second kappa shape index (κ2) is 9.32. The molecule has 0 atom stereocenters. The number of anilines is 1. The first-order chi connectivity index (χ1) is 15.2. The third-order valence-corrected chi connectivity index (χ3v) is 8.69. The fourth-order valence-corrected chi connectivity index (χ4v) is 5.30. The first kappa shape index (κ1) is 22.9. The third kappa shape index (κ3) is 5.21. The van der Waals surface area contributed by atoms with Crippen molar-refractivity contribution in [3.05, 3.63) is 59.4 Å². The summed E-state index contributed by atoms with van der Waals surface area (Å²) < 4.78 is 39.1. The maximum atomic E-state index is 14.5. The summed E-state index contributed by atoms with van der Waals surface area (Å²) in [6, 6.07) is 12.0. The van der Waals surface area contributed by atoms with Crippen LogP contribution in [0.2, 0.25) is 0 Å². The predicted octanol–water partition coefficient (Wildman–Crippen LogP) is 4.74. The van der Waals surface area contributed by atoms with Crippen LogP contribution in [0.3, 0.4) is 0 Å². The zero-order valence-corrected chi connectivity index (χ0v) is 19.5. The molecule has 1 N–H and O–H groups in total. The van der Waals surface area contributed by atoms with Gasteiger partial charge < -0.3 is 5.32 Å². The van der Waals surface area contributed by atoms with Crippen LogP contribution in [0.15, 0.2) is 47.4 Å². The Labute approximate surface area is 189 Å². The molecule has 0 unspecified atom stereocenters. The van der Waals surface area contributed by atoms with Crippen molar-refractivity contribution in [2.75, 3.05) is 18.4 Å². The second-order valence-electron chi connectivity index (χ2n) is 9.29. The van der Waals surface area contributed by atoms with Crippen LogP contribution in [-0.2, 0) is 21.2 Å². The molecule has 1 amide bonds. The van der Waals surface area contributed by atoms with Crippen LogP contribution in [-0.4, -0.2) is 37.6 Å². The molecule has 4 rings (SSSR count). The highest BCUT2D eigenvalue weighted by Gasteiger charge is 2.30. The average Bonchev–Trinajstić information content (AvgIpc) is 3.62. The predicted molar refractivity (Wildman–Crippen MR) is 124 cm³/mol. The van der Waals surface area contributed by atoms with Crippen molar-refractivity contribution in [2.45, 2.75) is 62.1 Å². The van der Waals surface area contributed by atoms with Gasteiger partial charge in [0.2, 0.25) is 5.91 Å². The van der Waals surface area contributed by atoms with Gasteiger partial charge in [0, 0.05) is 18.2 Å². The highest BCUT2D eigenvalue weighted by atomic mass is 32.2. The highest BCUT2D eigenvalue weighted by molar-refractivity contribution is 7.92. The molecule has 0 bridgehead atoms. The first-order valence-electron chi connectivity index (χ1n) is 11.4. The van der Waals surface area contributed by atoms with Crippen LogP contribution in [0.1, 0.15) is 56.6 Å². The quantitative estimate of drug-likeness (QED) is 0.651. The number of nitrogens with zero attached hydrogens (tertiary/aromatic N) is 1. The maximum absolute atomic E-state index is 14.5. The molecule has 5 nitrogen and oxygen atoms in total. The molecule has 1 saturated heterocycles. The van der Waals surface area contributed by atoms with Gasteiger partial charge in [-0.25, -0.2) is 12.8 Å². The minimum absolute atomic E-state index is 0.0320. The summed E-state index contributed by atoms with van der Waals surface area (Å²) in [6.07, 6.45) is 3.57. The summed E-state index contributed by atoms with van der Waals surface area (Å²) in [6.45, 7) is 5.80. The van der Waals surface area contributed by atoms with Crippen LogP contribution in [0.5, 0.6) is 0 Å². The number of halogens is 1. The third-order valence-electron chi connectivity index (χ3n) is 6.52. The van der Waals surface area contributed by atoms with E-state index in [1.165, 1.54) is 6.07 Å². The van der Waals surface area contributed by atoms with E-state index in [0.717, 1.165) is 50.9 Å². The van der Waals surface area contributed by atoms with E-state index in [1.54, 1.807) is 38.1 Å². The largest absolute Gasteiger partial charge is 0.326 e. The molecule has 1 aliphatic carbocycles.